The highest BCUT2D eigenvalue weighted by atomic mass is 16.5. The van der Waals surface area contributed by atoms with Crippen molar-refractivity contribution in [2.45, 2.75) is 19.3 Å². The molecule has 4 rings (SSSR count). The van der Waals surface area contributed by atoms with E-state index < -0.39 is 0 Å². The minimum absolute atomic E-state index is 0.757. The fourth-order valence-corrected chi connectivity index (χ4v) is 3.14. The van der Waals surface area contributed by atoms with Crippen molar-refractivity contribution in [2.24, 2.45) is 0 Å². The van der Waals surface area contributed by atoms with Gasteiger partial charge in [-0.15, -0.1) is 5.53 Å². The third kappa shape index (κ3) is 2.67. The van der Waals surface area contributed by atoms with Crippen LogP contribution in [0, 0.1) is 0 Å². The molecular formula is C19H21N3O2. The third-order valence-corrected chi connectivity index (χ3v) is 4.38. The maximum atomic E-state index is 6.00. The van der Waals surface area contributed by atoms with Gasteiger partial charge in [0.2, 0.25) is 0 Å². The van der Waals surface area contributed by atoms with E-state index in [9.17, 15) is 0 Å². The van der Waals surface area contributed by atoms with Gasteiger partial charge in [-0.3, -0.25) is 5.01 Å². The van der Waals surface area contributed by atoms with Crippen molar-refractivity contribution >= 4 is 11.4 Å². The van der Waals surface area contributed by atoms with E-state index in [0.717, 1.165) is 54.3 Å². The Hall–Kier alpha value is -2.66. The molecule has 0 radical (unpaired) electrons. The SMILES string of the molecule is COc1ccc(N2NNC3=C2c2ccccc2OCCCC3)cc1. The van der Waals surface area contributed by atoms with Crippen LogP contribution in [0.1, 0.15) is 24.8 Å². The van der Waals surface area contributed by atoms with Crippen LogP contribution < -0.4 is 25.4 Å². The maximum absolute atomic E-state index is 6.00. The van der Waals surface area contributed by atoms with E-state index in [4.69, 9.17) is 9.47 Å². The number of fused-ring (bicyclic) bond motifs is 2. The van der Waals surface area contributed by atoms with Crippen LogP contribution in [0.25, 0.3) is 5.70 Å². The zero-order valence-corrected chi connectivity index (χ0v) is 13.7. The zero-order valence-electron chi connectivity index (χ0n) is 13.7. The molecular weight excluding hydrogens is 302 g/mol. The van der Waals surface area contributed by atoms with E-state index in [-0.39, 0.29) is 0 Å². The van der Waals surface area contributed by atoms with E-state index in [2.05, 4.69) is 28.1 Å². The first-order valence-corrected chi connectivity index (χ1v) is 8.28. The highest BCUT2D eigenvalue weighted by molar-refractivity contribution is 5.84. The molecule has 0 aromatic heterocycles. The van der Waals surface area contributed by atoms with Crippen LogP contribution in [0.5, 0.6) is 11.5 Å². The second-order valence-electron chi connectivity index (χ2n) is 5.90. The fourth-order valence-electron chi connectivity index (χ4n) is 3.14. The Kier molecular flexibility index (Phi) is 4.01. The smallest absolute Gasteiger partial charge is 0.128 e. The first kappa shape index (κ1) is 14.9. The maximum Gasteiger partial charge on any atom is 0.128 e. The second kappa shape index (κ2) is 6.45. The van der Waals surface area contributed by atoms with Gasteiger partial charge >= 0.3 is 0 Å². The third-order valence-electron chi connectivity index (χ3n) is 4.38. The predicted molar refractivity (Wildman–Crippen MR) is 94.5 cm³/mol. The molecule has 5 nitrogen and oxygen atoms in total. The summed E-state index contributed by atoms with van der Waals surface area (Å²) in [6.45, 7) is 0.757. The van der Waals surface area contributed by atoms with Gasteiger partial charge < -0.3 is 14.9 Å². The summed E-state index contributed by atoms with van der Waals surface area (Å²) in [5, 5.41) is 2.07. The molecule has 0 unspecified atom stereocenters. The molecule has 0 spiro atoms. The van der Waals surface area contributed by atoms with Gasteiger partial charge in [-0.25, -0.2) is 0 Å². The number of methoxy groups -OCH3 is 1. The van der Waals surface area contributed by atoms with Crippen LogP contribution in [0.15, 0.2) is 54.2 Å². The zero-order chi connectivity index (χ0) is 16.4. The minimum atomic E-state index is 0.757. The average Bonchev–Trinajstić information content (AvgIpc) is 3.07. The number of rotatable bonds is 2. The molecule has 2 aliphatic heterocycles. The summed E-state index contributed by atoms with van der Waals surface area (Å²) in [7, 11) is 1.68. The van der Waals surface area contributed by atoms with Crippen LogP contribution >= 0.6 is 0 Å². The predicted octanol–water partition coefficient (Wildman–Crippen LogP) is 3.46. The van der Waals surface area contributed by atoms with E-state index >= 15 is 0 Å². The Balaban J connectivity index is 1.78. The Morgan fingerprint density at radius 3 is 2.71 bits per heavy atom. The Bertz CT molecular complexity index is 755. The summed E-state index contributed by atoms with van der Waals surface area (Å²) in [6.07, 6.45) is 3.14. The van der Waals surface area contributed by atoms with Crippen molar-refractivity contribution in [3.05, 3.63) is 59.8 Å². The van der Waals surface area contributed by atoms with E-state index in [1.54, 1.807) is 7.11 Å². The number of para-hydroxylation sites is 1. The van der Waals surface area contributed by atoms with Crippen LogP contribution in [-0.4, -0.2) is 13.7 Å². The molecule has 24 heavy (non-hydrogen) atoms. The summed E-state index contributed by atoms with van der Waals surface area (Å²) >= 11 is 0. The summed E-state index contributed by atoms with van der Waals surface area (Å²) in [5.41, 5.74) is 11.1. The summed E-state index contributed by atoms with van der Waals surface area (Å²) in [6, 6.07) is 16.2. The lowest BCUT2D eigenvalue weighted by molar-refractivity contribution is 0.306. The number of hydrazine groups is 2. The largest absolute Gasteiger partial charge is 0.497 e. The molecule has 0 aliphatic carbocycles. The van der Waals surface area contributed by atoms with Crippen molar-refractivity contribution in [2.75, 3.05) is 18.7 Å². The standard InChI is InChI=1S/C19H21N3O2/c1-23-15-11-9-14(10-12-15)22-19-16-6-2-3-8-18(16)24-13-5-4-7-17(19)20-21-22/h2-3,6,8-12,20-21H,4-5,7,13H2,1H3. The van der Waals surface area contributed by atoms with E-state index in [0.29, 0.717) is 0 Å². The van der Waals surface area contributed by atoms with Gasteiger partial charge in [0.25, 0.3) is 0 Å². The van der Waals surface area contributed by atoms with E-state index in [1.807, 2.05) is 36.4 Å². The molecule has 0 fully saturated rings. The van der Waals surface area contributed by atoms with Crippen molar-refractivity contribution in [1.82, 2.24) is 11.0 Å². The van der Waals surface area contributed by atoms with Gasteiger partial charge in [0.05, 0.1) is 30.8 Å². The monoisotopic (exact) mass is 323 g/mol. The molecule has 124 valence electrons. The van der Waals surface area contributed by atoms with Crippen molar-refractivity contribution in [1.29, 1.82) is 0 Å². The Morgan fingerprint density at radius 2 is 1.88 bits per heavy atom. The second-order valence-corrected chi connectivity index (χ2v) is 5.90. The number of nitrogens with zero attached hydrogens (tertiary/aromatic N) is 1. The van der Waals surface area contributed by atoms with Crippen molar-refractivity contribution in [3.63, 3.8) is 0 Å². The quantitative estimate of drug-likeness (QED) is 0.886. The van der Waals surface area contributed by atoms with Gasteiger partial charge in [0, 0.05) is 5.56 Å². The lowest BCUT2D eigenvalue weighted by Crippen LogP contribution is -2.37. The van der Waals surface area contributed by atoms with E-state index in [1.165, 1.54) is 5.70 Å². The lowest BCUT2D eigenvalue weighted by Gasteiger charge is -2.23. The molecule has 0 atom stereocenters. The van der Waals surface area contributed by atoms with Crippen molar-refractivity contribution in [3.8, 4) is 11.5 Å². The molecule has 2 N–H and O–H groups in total. The van der Waals surface area contributed by atoms with Crippen LogP contribution in [0.2, 0.25) is 0 Å². The number of anilines is 1. The number of ether oxygens (including phenoxy) is 2. The van der Waals surface area contributed by atoms with Gasteiger partial charge in [-0.05, 0) is 55.7 Å². The molecule has 5 heteroatoms. The summed E-state index contributed by atoms with van der Waals surface area (Å²) in [5.74, 6) is 1.77. The Morgan fingerprint density at radius 1 is 1.04 bits per heavy atom. The molecule has 0 amide bonds. The van der Waals surface area contributed by atoms with Gasteiger partial charge in [0.1, 0.15) is 11.5 Å². The topological polar surface area (TPSA) is 45.8 Å². The normalized spacial score (nSPS) is 17.0. The van der Waals surface area contributed by atoms with Crippen LogP contribution in [-0.2, 0) is 0 Å². The molecule has 0 saturated carbocycles. The molecule has 0 saturated heterocycles. The fraction of sp³-hybridized carbons (Fsp3) is 0.263. The molecule has 2 aromatic rings. The highest BCUT2D eigenvalue weighted by Gasteiger charge is 2.27. The van der Waals surface area contributed by atoms with Gasteiger partial charge in [-0.2, -0.15) is 0 Å². The summed E-state index contributed by atoms with van der Waals surface area (Å²) in [4.78, 5) is 0. The highest BCUT2D eigenvalue weighted by Crippen LogP contribution is 2.37. The number of hydrogen-bond donors (Lipinski definition) is 2. The average molecular weight is 323 g/mol. The number of benzene rings is 2. The number of allylic oxidation sites excluding steroid dienone is 1. The van der Waals surface area contributed by atoms with Gasteiger partial charge in [0.15, 0.2) is 0 Å². The molecule has 2 heterocycles. The van der Waals surface area contributed by atoms with Gasteiger partial charge in [-0.1, -0.05) is 12.1 Å². The summed E-state index contributed by atoms with van der Waals surface area (Å²) < 4.78 is 11.3. The first-order chi connectivity index (χ1) is 11.9. The van der Waals surface area contributed by atoms with Crippen molar-refractivity contribution < 1.29 is 9.47 Å². The Labute approximate surface area is 141 Å². The number of hydrogen-bond acceptors (Lipinski definition) is 5. The number of nitrogens with one attached hydrogen (secondary N) is 2. The molecule has 2 aromatic carbocycles. The molecule has 2 aliphatic rings. The van der Waals surface area contributed by atoms with Crippen LogP contribution in [0.4, 0.5) is 5.69 Å². The van der Waals surface area contributed by atoms with Crippen LogP contribution in [0.3, 0.4) is 0 Å². The first-order valence-electron chi connectivity index (χ1n) is 8.28. The minimum Gasteiger partial charge on any atom is -0.497 e. The lowest BCUT2D eigenvalue weighted by atomic mass is 10.1. The molecule has 0 bridgehead atoms.